The van der Waals surface area contributed by atoms with Crippen molar-refractivity contribution < 1.29 is 9.53 Å². The Labute approximate surface area is 153 Å². The van der Waals surface area contributed by atoms with Gasteiger partial charge in [-0.25, -0.2) is 0 Å². The summed E-state index contributed by atoms with van der Waals surface area (Å²) in [4.78, 5) is 13.1. The smallest absolute Gasteiger partial charge is 0.219 e. The van der Waals surface area contributed by atoms with Crippen LogP contribution in [0.15, 0.2) is 54.6 Å². The molecule has 0 aliphatic heterocycles. The van der Waals surface area contributed by atoms with Gasteiger partial charge in [0.1, 0.15) is 5.75 Å². The first-order valence-corrected chi connectivity index (χ1v) is 8.47. The topological polar surface area (TPSA) is 67.6 Å². The van der Waals surface area contributed by atoms with Crippen LogP contribution in [0.25, 0.3) is 0 Å². The molecular formula is C19H23N3O2S. The average Bonchev–Trinajstić information content (AvgIpc) is 2.64. The summed E-state index contributed by atoms with van der Waals surface area (Å²) in [6.07, 6.45) is 0.261. The molecule has 0 radical (unpaired) electrons. The van der Waals surface area contributed by atoms with Crippen molar-refractivity contribution in [2.45, 2.75) is 19.5 Å². The van der Waals surface area contributed by atoms with E-state index in [9.17, 15) is 4.79 Å². The number of hydrogen-bond donors (Lipinski definition) is 2. The number of nitrogens with two attached hydrogens (primary N) is 1. The zero-order chi connectivity index (χ0) is 18.1. The summed E-state index contributed by atoms with van der Waals surface area (Å²) in [5.74, 6) is 0.481. The number of rotatable bonds is 8. The fraction of sp³-hybridized carbons (Fsp3) is 0.263. The summed E-state index contributed by atoms with van der Waals surface area (Å²) in [6, 6.07) is 17.8. The first-order valence-electron chi connectivity index (χ1n) is 8.06. The third kappa shape index (κ3) is 6.43. The minimum Gasteiger partial charge on any atom is -0.497 e. The molecule has 1 amide bonds. The number of hydrogen-bond acceptors (Lipinski definition) is 3. The van der Waals surface area contributed by atoms with Gasteiger partial charge < -0.3 is 20.7 Å². The number of methoxy groups -OCH3 is 1. The van der Waals surface area contributed by atoms with Crippen LogP contribution in [0.2, 0.25) is 0 Å². The van der Waals surface area contributed by atoms with Gasteiger partial charge in [0.15, 0.2) is 5.11 Å². The van der Waals surface area contributed by atoms with Gasteiger partial charge in [-0.3, -0.25) is 4.79 Å². The predicted molar refractivity (Wildman–Crippen MR) is 103 cm³/mol. The molecule has 6 heteroatoms. The lowest BCUT2D eigenvalue weighted by molar-refractivity contribution is -0.118. The SMILES string of the molecule is COc1ccc(CNC(=S)N(CCC(N)=O)Cc2ccccc2)cc1. The molecule has 0 aliphatic rings. The Morgan fingerprint density at radius 1 is 1.12 bits per heavy atom. The van der Waals surface area contributed by atoms with E-state index in [0.29, 0.717) is 24.7 Å². The summed E-state index contributed by atoms with van der Waals surface area (Å²) in [7, 11) is 1.64. The van der Waals surface area contributed by atoms with E-state index in [1.165, 1.54) is 0 Å². The number of nitrogens with one attached hydrogen (secondary N) is 1. The van der Waals surface area contributed by atoms with E-state index in [4.69, 9.17) is 22.7 Å². The number of ether oxygens (including phenoxy) is 1. The van der Waals surface area contributed by atoms with Crippen molar-refractivity contribution in [1.29, 1.82) is 0 Å². The predicted octanol–water partition coefficient (Wildman–Crippen LogP) is 2.45. The van der Waals surface area contributed by atoms with Crippen LogP contribution in [0.4, 0.5) is 0 Å². The lowest BCUT2D eigenvalue weighted by atomic mass is 10.2. The standard InChI is InChI=1S/C19H23N3O2S/c1-24-17-9-7-15(8-10-17)13-21-19(25)22(12-11-18(20)23)14-16-5-3-2-4-6-16/h2-10H,11-14H2,1H3,(H2,20,23)(H,21,25). The highest BCUT2D eigenvalue weighted by Gasteiger charge is 2.11. The Hall–Kier alpha value is -2.60. The highest BCUT2D eigenvalue weighted by atomic mass is 32.1. The molecule has 0 saturated heterocycles. The third-order valence-electron chi connectivity index (χ3n) is 3.73. The molecule has 0 saturated carbocycles. The molecule has 2 aromatic rings. The van der Waals surface area contributed by atoms with Gasteiger partial charge in [-0.15, -0.1) is 0 Å². The van der Waals surface area contributed by atoms with Crippen LogP contribution in [0.3, 0.4) is 0 Å². The molecule has 0 fully saturated rings. The van der Waals surface area contributed by atoms with Crippen molar-refractivity contribution in [3.63, 3.8) is 0 Å². The van der Waals surface area contributed by atoms with E-state index in [1.54, 1.807) is 7.11 Å². The molecule has 0 spiro atoms. The maximum absolute atomic E-state index is 11.1. The van der Waals surface area contributed by atoms with E-state index in [2.05, 4.69) is 5.32 Å². The van der Waals surface area contributed by atoms with Crippen LogP contribution >= 0.6 is 12.2 Å². The molecule has 5 nitrogen and oxygen atoms in total. The lowest BCUT2D eigenvalue weighted by Crippen LogP contribution is -2.40. The van der Waals surface area contributed by atoms with Crippen molar-refractivity contribution in [3.8, 4) is 5.75 Å². The summed E-state index contributed by atoms with van der Waals surface area (Å²) in [5.41, 5.74) is 7.51. The summed E-state index contributed by atoms with van der Waals surface area (Å²) >= 11 is 5.51. The molecule has 2 rings (SSSR count). The van der Waals surface area contributed by atoms with Crippen LogP contribution in [0, 0.1) is 0 Å². The number of amides is 1. The number of benzene rings is 2. The Morgan fingerprint density at radius 3 is 2.40 bits per heavy atom. The fourth-order valence-electron chi connectivity index (χ4n) is 2.33. The Balaban J connectivity index is 1.96. The van der Waals surface area contributed by atoms with Gasteiger partial charge in [0.2, 0.25) is 5.91 Å². The van der Waals surface area contributed by atoms with Crippen molar-refractivity contribution in [3.05, 3.63) is 65.7 Å². The number of nitrogens with zero attached hydrogens (tertiary/aromatic N) is 1. The molecule has 25 heavy (non-hydrogen) atoms. The molecule has 0 atom stereocenters. The van der Waals surface area contributed by atoms with E-state index in [-0.39, 0.29) is 12.3 Å². The van der Waals surface area contributed by atoms with E-state index < -0.39 is 0 Å². The zero-order valence-electron chi connectivity index (χ0n) is 14.3. The van der Waals surface area contributed by atoms with Crippen LogP contribution < -0.4 is 15.8 Å². The average molecular weight is 357 g/mol. The number of thiocarbonyl (C=S) groups is 1. The molecule has 0 aliphatic carbocycles. The maximum Gasteiger partial charge on any atom is 0.219 e. The van der Waals surface area contributed by atoms with Crippen LogP contribution in [-0.4, -0.2) is 29.6 Å². The van der Waals surface area contributed by atoms with E-state index >= 15 is 0 Å². The first kappa shape index (κ1) is 18.7. The fourth-order valence-corrected chi connectivity index (χ4v) is 2.56. The van der Waals surface area contributed by atoms with Crippen molar-refractivity contribution in [1.82, 2.24) is 10.2 Å². The molecular weight excluding hydrogens is 334 g/mol. The Bertz CT molecular complexity index is 690. The molecule has 132 valence electrons. The zero-order valence-corrected chi connectivity index (χ0v) is 15.1. The van der Waals surface area contributed by atoms with Gasteiger partial charge in [0.05, 0.1) is 7.11 Å². The Morgan fingerprint density at radius 2 is 1.80 bits per heavy atom. The maximum atomic E-state index is 11.1. The van der Waals surface area contributed by atoms with Gasteiger partial charge in [-0.1, -0.05) is 42.5 Å². The number of carbonyl (C=O) groups excluding carboxylic acids is 1. The van der Waals surface area contributed by atoms with Crippen molar-refractivity contribution in [2.75, 3.05) is 13.7 Å². The quantitative estimate of drug-likeness (QED) is 0.711. The first-order chi connectivity index (χ1) is 12.1. The summed E-state index contributed by atoms with van der Waals surface area (Å²) in [6.45, 7) is 1.71. The van der Waals surface area contributed by atoms with Gasteiger partial charge in [0.25, 0.3) is 0 Å². The Kier molecular flexibility index (Phi) is 7.22. The number of primary amides is 1. The van der Waals surface area contributed by atoms with Crippen molar-refractivity contribution in [2.24, 2.45) is 5.73 Å². The molecule has 0 aromatic heterocycles. The second kappa shape index (κ2) is 9.64. The minimum absolute atomic E-state index is 0.261. The van der Waals surface area contributed by atoms with Crippen molar-refractivity contribution >= 4 is 23.2 Å². The largest absolute Gasteiger partial charge is 0.497 e. The number of carbonyl (C=O) groups is 1. The highest BCUT2D eigenvalue weighted by molar-refractivity contribution is 7.80. The molecule has 3 N–H and O–H groups in total. The lowest BCUT2D eigenvalue weighted by Gasteiger charge is -2.25. The van der Waals surface area contributed by atoms with Gasteiger partial charge in [-0.2, -0.15) is 0 Å². The molecule has 0 unspecified atom stereocenters. The van der Waals surface area contributed by atoms with Gasteiger partial charge in [-0.05, 0) is 35.5 Å². The minimum atomic E-state index is -0.337. The summed E-state index contributed by atoms with van der Waals surface area (Å²) in [5, 5.41) is 3.84. The van der Waals surface area contributed by atoms with Crippen LogP contribution in [0.5, 0.6) is 5.75 Å². The van der Waals surface area contributed by atoms with E-state index in [1.807, 2.05) is 59.5 Å². The molecule has 0 heterocycles. The van der Waals surface area contributed by atoms with Crippen LogP contribution in [-0.2, 0) is 17.9 Å². The van der Waals surface area contributed by atoms with Gasteiger partial charge in [0, 0.05) is 26.1 Å². The second-order valence-corrected chi connectivity index (χ2v) is 6.02. The monoisotopic (exact) mass is 357 g/mol. The third-order valence-corrected chi connectivity index (χ3v) is 4.14. The second-order valence-electron chi connectivity index (χ2n) is 5.63. The highest BCUT2D eigenvalue weighted by Crippen LogP contribution is 2.11. The molecule has 2 aromatic carbocycles. The normalized spacial score (nSPS) is 10.1. The van der Waals surface area contributed by atoms with E-state index in [0.717, 1.165) is 16.9 Å². The molecule has 0 bridgehead atoms. The van der Waals surface area contributed by atoms with Gasteiger partial charge >= 0.3 is 0 Å². The van der Waals surface area contributed by atoms with Crippen LogP contribution in [0.1, 0.15) is 17.5 Å². The summed E-state index contributed by atoms with van der Waals surface area (Å²) < 4.78 is 5.16.